The van der Waals surface area contributed by atoms with Gasteiger partial charge in [0, 0.05) is 41.2 Å². The number of amides is 2. The van der Waals surface area contributed by atoms with Crippen LogP contribution in [0.4, 0.5) is 11.4 Å². The molecule has 1 N–H and O–H groups in total. The Morgan fingerprint density at radius 2 is 1.80 bits per heavy atom. The molecule has 0 aliphatic carbocycles. The molecule has 0 spiro atoms. The van der Waals surface area contributed by atoms with E-state index in [2.05, 4.69) is 12.2 Å². The second kappa shape index (κ2) is 7.34. The molecule has 1 fully saturated rings. The van der Waals surface area contributed by atoms with Gasteiger partial charge in [-0.3, -0.25) is 9.59 Å². The summed E-state index contributed by atoms with van der Waals surface area (Å²) in [6.07, 6.45) is 1.17. The zero-order chi connectivity index (χ0) is 20.7. The molecule has 150 valence electrons. The van der Waals surface area contributed by atoms with E-state index in [0.717, 1.165) is 34.0 Å². The SMILES string of the molecule is CCc1ccc(N2C[C@@H](C(=O)Nc3ccc4c(c3)oc3ccccc34)CC2=O)cc1. The Hall–Kier alpha value is -3.60. The third-order valence-corrected chi connectivity index (χ3v) is 5.80. The molecule has 3 aromatic carbocycles. The number of carbonyl (C=O) groups excluding carboxylic acids is 2. The van der Waals surface area contributed by atoms with Crippen LogP contribution in [0.3, 0.4) is 0 Å². The molecule has 0 saturated carbocycles. The smallest absolute Gasteiger partial charge is 0.229 e. The summed E-state index contributed by atoms with van der Waals surface area (Å²) >= 11 is 0. The number of fused-ring (bicyclic) bond motifs is 3. The fraction of sp³-hybridized carbons (Fsp3) is 0.200. The van der Waals surface area contributed by atoms with E-state index in [4.69, 9.17) is 4.42 Å². The summed E-state index contributed by atoms with van der Waals surface area (Å²) in [7, 11) is 0. The van der Waals surface area contributed by atoms with E-state index in [1.54, 1.807) is 4.90 Å². The molecule has 5 nitrogen and oxygen atoms in total. The minimum absolute atomic E-state index is 0.0212. The number of rotatable bonds is 4. The van der Waals surface area contributed by atoms with Gasteiger partial charge in [-0.15, -0.1) is 0 Å². The quantitative estimate of drug-likeness (QED) is 0.518. The van der Waals surface area contributed by atoms with Crippen molar-refractivity contribution < 1.29 is 14.0 Å². The van der Waals surface area contributed by atoms with Crippen molar-refractivity contribution in [3.63, 3.8) is 0 Å². The molecule has 2 amide bonds. The van der Waals surface area contributed by atoms with Gasteiger partial charge in [-0.2, -0.15) is 0 Å². The van der Waals surface area contributed by atoms with E-state index in [1.165, 1.54) is 5.56 Å². The van der Waals surface area contributed by atoms with Gasteiger partial charge in [0.15, 0.2) is 0 Å². The van der Waals surface area contributed by atoms with Gasteiger partial charge in [0.05, 0.1) is 5.92 Å². The van der Waals surface area contributed by atoms with Crippen molar-refractivity contribution in [2.75, 3.05) is 16.8 Å². The number of nitrogens with one attached hydrogen (secondary N) is 1. The Kier molecular flexibility index (Phi) is 4.51. The highest BCUT2D eigenvalue weighted by Crippen LogP contribution is 2.31. The average Bonchev–Trinajstić information content (AvgIpc) is 3.34. The van der Waals surface area contributed by atoms with Crippen molar-refractivity contribution in [3.8, 4) is 0 Å². The van der Waals surface area contributed by atoms with Crippen molar-refractivity contribution in [3.05, 3.63) is 72.3 Å². The van der Waals surface area contributed by atoms with Crippen LogP contribution in [-0.2, 0) is 16.0 Å². The number of para-hydroxylation sites is 1. The largest absolute Gasteiger partial charge is 0.456 e. The molecule has 30 heavy (non-hydrogen) atoms. The highest BCUT2D eigenvalue weighted by molar-refractivity contribution is 6.07. The third kappa shape index (κ3) is 3.22. The Labute approximate surface area is 174 Å². The van der Waals surface area contributed by atoms with Gasteiger partial charge in [-0.25, -0.2) is 0 Å². The standard InChI is InChI=1S/C25H22N2O3/c1-2-16-7-10-19(11-8-16)27-15-17(13-24(27)28)25(29)26-18-9-12-21-20-5-3-4-6-22(20)30-23(21)14-18/h3-12,14,17H,2,13,15H2,1H3,(H,26,29)/t17-/m0/s1. The first kappa shape index (κ1) is 18.4. The van der Waals surface area contributed by atoms with Crippen molar-refractivity contribution in [1.82, 2.24) is 0 Å². The van der Waals surface area contributed by atoms with Crippen LogP contribution in [0.2, 0.25) is 0 Å². The molecule has 5 heteroatoms. The van der Waals surface area contributed by atoms with Crippen LogP contribution < -0.4 is 10.2 Å². The summed E-state index contributed by atoms with van der Waals surface area (Å²) in [5.74, 6) is -0.548. The van der Waals surface area contributed by atoms with E-state index in [0.29, 0.717) is 12.2 Å². The van der Waals surface area contributed by atoms with Crippen LogP contribution in [-0.4, -0.2) is 18.4 Å². The number of hydrogen-bond donors (Lipinski definition) is 1. The summed E-state index contributed by atoms with van der Waals surface area (Å²) in [6.45, 7) is 2.49. The Balaban J connectivity index is 1.32. The molecule has 1 saturated heterocycles. The van der Waals surface area contributed by atoms with Crippen molar-refractivity contribution in [2.24, 2.45) is 5.92 Å². The second-order valence-electron chi connectivity index (χ2n) is 7.72. The maximum Gasteiger partial charge on any atom is 0.229 e. The minimum atomic E-state index is -0.380. The molecular formula is C25H22N2O3. The highest BCUT2D eigenvalue weighted by Gasteiger charge is 2.35. The topological polar surface area (TPSA) is 62.6 Å². The number of furan rings is 1. The number of anilines is 2. The molecule has 4 aromatic rings. The fourth-order valence-electron chi connectivity index (χ4n) is 4.09. The van der Waals surface area contributed by atoms with Crippen LogP contribution in [0, 0.1) is 5.92 Å². The summed E-state index contributed by atoms with van der Waals surface area (Å²) < 4.78 is 5.90. The molecule has 1 aliphatic rings. The first-order valence-corrected chi connectivity index (χ1v) is 10.2. The lowest BCUT2D eigenvalue weighted by molar-refractivity contribution is -0.122. The van der Waals surface area contributed by atoms with Crippen molar-refractivity contribution >= 4 is 45.1 Å². The van der Waals surface area contributed by atoms with E-state index in [1.807, 2.05) is 66.7 Å². The number of carbonyl (C=O) groups is 2. The molecular weight excluding hydrogens is 376 g/mol. The summed E-state index contributed by atoms with van der Waals surface area (Å²) in [6, 6.07) is 21.5. The van der Waals surface area contributed by atoms with Crippen LogP contribution in [0.25, 0.3) is 21.9 Å². The molecule has 0 radical (unpaired) electrons. The molecule has 0 bridgehead atoms. The number of benzene rings is 3. The maximum absolute atomic E-state index is 12.8. The lowest BCUT2D eigenvalue weighted by Gasteiger charge is -2.17. The first-order chi connectivity index (χ1) is 14.6. The Morgan fingerprint density at radius 1 is 1.03 bits per heavy atom. The van der Waals surface area contributed by atoms with Crippen molar-refractivity contribution in [2.45, 2.75) is 19.8 Å². The van der Waals surface area contributed by atoms with Gasteiger partial charge < -0.3 is 14.6 Å². The summed E-state index contributed by atoms with van der Waals surface area (Å²) in [5, 5.41) is 5.02. The normalized spacial score (nSPS) is 16.5. The minimum Gasteiger partial charge on any atom is -0.456 e. The van der Waals surface area contributed by atoms with Crippen LogP contribution >= 0.6 is 0 Å². The predicted molar refractivity (Wildman–Crippen MR) is 119 cm³/mol. The van der Waals surface area contributed by atoms with Crippen LogP contribution in [0.15, 0.2) is 71.1 Å². The first-order valence-electron chi connectivity index (χ1n) is 10.2. The lowest BCUT2D eigenvalue weighted by atomic mass is 10.1. The molecule has 2 heterocycles. The number of nitrogens with zero attached hydrogens (tertiary/aromatic N) is 1. The monoisotopic (exact) mass is 398 g/mol. The van der Waals surface area contributed by atoms with E-state index in [9.17, 15) is 9.59 Å². The maximum atomic E-state index is 12.8. The summed E-state index contributed by atoms with van der Waals surface area (Å²) in [5.41, 5.74) is 4.29. The molecule has 1 aromatic heterocycles. The molecule has 0 unspecified atom stereocenters. The number of hydrogen-bond acceptors (Lipinski definition) is 3. The average molecular weight is 398 g/mol. The summed E-state index contributed by atoms with van der Waals surface area (Å²) in [4.78, 5) is 27.0. The van der Waals surface area contributed by atoms with Crippen LogP contribution in [0.1, 0.15) is 18.9 Å². The zero-order valence-electron chi connectivity index (χ0n) is 16.7. The number of aryl methyl sites for hydroxylation is 1. The lowest BCUT2D eigenvalue weighted by Crippen LogP contribution is -2.28. The Bertz CT molecular complexity index is 1260. The molecule has 1 atom stereocenters. The van der Waals surface area contributed by atoms with Gasteiger partial charge in [-0.05, 0) is 42.3 Å². The highest BCUT2D eigenvalue weighted by atomic mass is 16.3. The van der Waals surface area contributed by atoms with Crippen LogP contribution in [0.5, 0.6) is 0 Å². The van der Waals surface area contributed by atoms with E-state index in [-0.39, 0.29) is 24.2 Å². The second-order valence-corrected chi connectivity index (χ2v) is 7.72. The van der Waals surface area contributed by atoms with Crippen molar-refractivity contribution in [1.29, 1.82) is 0 Å². The van der Waals surface area contributed by atoms with E-state index < -0.39 is 0 Å². The zero-order valence-corrected chi connectivity index (χ0v) is 16.7. The Morgan fingerprint density at radius 3 is 2.60 bits per heavy atom. The van der Waals surface area contributed by atoms with Gasteiger partial charge in [-0.1, -0.05) is 37.3 Å². The van der Waals surface area contributed by atoms with E-state index >= 15 is 0 Å². The van der Waals surface area contributed by atoms with Gasteiger partial charge in [0.1, 0.15) is 11.2 Å². The molecule has 5 rings (SSSR count). The molecule has 1 aliphatic heterocycles. The predicted octanol–water partition coefficient (Wildman–Crippen LogP) is 5.14. The van der Waals surface area contributed by atoms with Gasteiger partial charge in [0.25, 0.3) is 0 Å². The van der Waals surface area contributed by atoms with Gasteiger partial charge in [0.2, 0.25) is 11.8 Å². The third-order valence-electron chi connectivity index (χ3n) is 5.80. The van der Waals surface area contributed by atoms with Gasteiger partial charge >= 0.3 is 0 Å². The fourth-order valence-corrected chi connectivity index (χ4v) is 4.09.